The Labute approximate surface area is 162 Å². The maximum Gasteiger partial charge on any atom is 0.250 e. The van der Waals surface area contributed by atoms with E-state index in [9.17, 15) is 4.79 Å². The number of hydrogen-bond donors (Lipinski definition) is 4. The van der Waals surface area contributed by atoms with Crippen LogP contribution in [0.3, 0.4) is 0 Å². The van der Waals surface area contributed by atoms with Crippen LogP contribution in [-0.2, 0) is 0 Å². The van der Waals surface area contributed by atoms with Crippen LogP contribution in [0.25, 0.3) is 0 Å². The fourth-order valence-electron chi connectivity index (χ4n) is 2.54. The third-order valence-corrected chi connectivity index (χ3v) is 4.14. The molecule has 0 aliphatic heterocycles. The zero-order valence-corrected chi connectivity index (χ0v) is 16.0. The van der Waals surface area contributed by atoms with Gasteiger partial charge in [-0.05, 0) is 18.2 Å². The van der Waals surface area contributed by atoms with Crippen molar-refractivity contribution in [2.75, 3.05) is 45.1 Å². The molecule has 0 bridgehead atoms. The van der Waals surface area contributed by atoms with E-state index in [4.69, 9.17) is 36.7 Å². The molecule has 2 aromatic rings. The normalized spacial score (nSPS) is 10.3. The van der Waals surface area contributed by atoms with E-state index >= 15 is 0 Å². The largest absolute Gasteiger partial charge is 0.493 e. The number of nitrogens with two attached hydrogens (primary N) is 1. The smallest absolute Gasteiger partial charge is 0.250 e. The quantitative estimate of drug-likeness (QED) is 0.515. The van der Waals surface area contributed by atoms with E-state index in [0.29, 0.717) is 44.9 Å². The molecule has 0 saturated heterocycles. The number of carbonyl (C=O) groups is 1. The maximum atomic E-state index is 11.6. The molecule has 0 aromatic heterocycles. The summed E-state index contributed by atoms with van der Waals surface area (Å²) < 4.78 is 16.0. The average Bonchev–Trinajstić information content (AvgIpc) is 2.67. The first kappa shape index (κ1) is 20.5. The highest BCUT2D eigenvalue weighted by atomic mass is 35.5. The van der Waals surface area contributed by atoms with Crippen LogP contribution >= 0.6 is 11.6 Å². The van der Waals surface area contributed by atoms with Crippen molar-refractivity contribution in [2.24, 2.45) is 5.73 Å². The van der Waals surface area contributed by atoms with Crippen molar-refractivity contribution < 1.29 is 24.1 Å². The van der Waals surface area contributed by atoms with Crippen LogP contribution in [0.1, 0.15) is 10.4 Å². The number of aliphatic hydroxyl groups is 1. The zero-order chi connectivity index (χ0) is 20.0. The summed E-state index contributed by atoms with van der Waals surface area (Å²) in [5.41, 5.74) is 7.35. The third kappa shape index (κ3) is 4.47. The Balaban J connectivity index is 2.45. The van der Waals surface area contributed by atoms with Gasteiger partial charge in [-0.3, -0.25) is 4.79 Å². The summed E-state index contributed by atoms with van der Waals surface area (Å²) in [4.78, 5) is 11.6. The number of rotatable bonds is 9. The van der Waals surface area contributed by atoms with E-state index in [1.165, 1.54) is 21.3 Å². The van der Waals surface area contributed by atoms with Crippen LogP contribution in [0.5, 0.6) is 17.2 Å². The lowest BCUT2D eigenvalue weighted by atomic mass is 10.1. The second kappa shape index (κ2) is 9.20. The van der Waals surface area contributed by atoms with Gasteiger partial charge in [0.2, 0.25) is 5.75 Å². The number of nitrogens with one attached hydrogen (secondary N) is 2. The predicted octanol–water partition coefficient (Wildman–Crippen LogP) is 2.61. The number of anilines is 3. The second-order valence-corrected chi connectivity index (χ2v) is 5.78. The van der Waals surface area contributed by atoms with E-state index in [2.05, 4.69) is 10.6 Å². The molecule has 1 amide bonds. The number of hydrogen-bond acceptors (Lipinski definition) is 7. The number of amides is 1. The fraction of sp³-hybridized carbons (Fsp3) is 0.278. The Kier molecular flexibility index (Phi) is 6.98. The standard InChI is InChI=1S/C18H22ClN3O5/c1-25-14-9-13(15(19)17(27-3)16(14)26-2)22-10-4-5-11(18(20)24)12(8-10)21-6-7-23/h4-5,8-9,21-23H,6-7H2,1-3H3,(H2,20,24). The number of benzene rings is 2. The highest BCUT2D eigenvalue weighted by molar-refractivity contribution is 6.35. The molecule has 0 spiro atoms. The fourth-order valence-corrected chi connectivity index (χ4v) is 2.81. The number of methoxy groups -OCH3 is 3. The molecule has 146 valence electrons. The molecule has 0 radical (unpaired) electrons. The number of primary amides is 1. The van der Waals surface area contributed by atoms with Crippen LogP contribution < -0.4 is 30.6 Å². The van der Waals surface area contributed by atoms with Gasteiger partial charge >= 0.3 is 0 Å². The average molecular weight is 396 g/mol. The molecule has 9 heteroatoms. The second-order valence-electron chi connectivity index (χ2n) is 5.41. The van der Waals surface area contributed by atoms with Gasteiger partial charge in [-0.2, -0.15) is 0 Å². The summed E-state index contributed by atoms with van der Waals surface area (Å²) in [5.74, 6) is 0.569. The molecule has 0 fully saturated rings. The van der Waals surface area contributed by atoms with E-state index in [1.807, 2.05) is 0 Å². The molecule has 0 unspecified atom stereocenters. The zero-order valence-electron chi connectivity index (χ0n) is 15.3. The van der Waals surface area contributed by atoms with Gasteiger partial charge in [-0.25, -0.2) is 0 Å². The van der Waals surface area contributed by atoms with E-state index in [0.717, 1.165) is 0 Å². The first-order chi connectivity index (χ1) is 13.0. The van der Waals surface area contributed by atoms with Crippen molar-refractivity contribution in [2.45, 2.75) is 0 Å². The Hall–Kier alpha value is -2.84. The van der Waals surface area contributed by atoms with Gasteiger partial charge < -0.3 is 35.7 Å². The highest BCUT2D eigenvalue weighted by Gasteiger charge is 2.20. The van der Waals surface area contributed by atoms with Crippen molar-refractivity contribution in [3.8, 4) is 17.2 Å². The van der Waals surface area contributed by atoms with Crippen molar-refractivity contribution in [1.29, 1.82) is 0 Å². The summed E-state index contributed by atoms with van der Waals surface area (Å²) in [5, 5.41) is 15.4. The van der Waals surface area contributed by atoms with Crippen LogP contribution in [-0.4, -0.2) is 45.5 Å². The minimum Gasteiger partial charge on any atom is -0.493 e. The molecule has 27 heavy (non-hydrogen) atoms. The van der Waals surface area contributed by atoms with Crippen molar-refractivity contribution >= 4 is 34.6 Å². The number of ether oxygens (including phenoxy) is 3. The summed E-state index contributed by atoms with van der Waals surface area (Å²) in [6.07, 6.45) is 0. The Bertz CT molecular complexity index is 829. The van der Waals surface area contributed by atoms with Gasteiger partial charge in [-0.15, -0.1) is 0 Å². The molecule has 5 N–H and O–H groups in total. The first-order valence-corrected chi connectivity index (χ1v) is 8.38. The summed E-state index contributed by atoms with van der Waals surface area (Å²) in [7, 11) is 4.48. The molecular weight excluding hydrogens is 374 g/mol. The van der Waals surface area contributed by atoms with Crippen molar-refractivity contribution in [3.05, 3.63) is 34.9 Å². The van der Waals surface area contributed by atoms with Gasteiger partial charge in [0.15, 0.2) is 11.5 Å². The highest BCUT2D eigenvalue weighted by Crippen LogP contribution is 2.47. The van der Waals surface area contributed by atoms with Crippen LogP contribution in [0.2, 0.25) is 5.02 Å². The SMILES string of the molecule is COc1cc(Nc2ccc(C(N)=O)c(NCCO)c2)c(Cl)c(OC)c1OC. The lowest BCUT2D eigenvalue weighted by Crippen LogP contribution is -2.16. The van der Waals surface area contributed by atoms with Gasteiger partial charge in [0, 0.05) is 24.0 Å². The molecule has 0 saturated carbocycles. The predicted molar refractivity (Wildman–Crippen MR) is 105 cm³/mol. The minimum atomic E-state index is -0.576. The Morgan fingerprint density at radius 3 is 2.37 bits per heavy atom. The van der Waals surface area contributed by atoms with Crippen molar-refractivity contribution in [1.82, 2.24) is 0 Å². The maximum absolute atomic E-state index is 11.6. The van der Waals surface area contributed by atoms with Gasteiger partial charge in [-0.1, -0.05) is 11.6 Å². The van der Waals surface area contributed by atoms with Crippen molar-refractivity contribution in [3.63, 3.8) is 0 Å². The van der Waals surface area contributed by atoms with E-state index in [1.54, 1.807) is 24.3 Å². The molecule has 0 atom stereocenters. The number of aliphatic hydroxyl groups excluding tert-OH is 1. The first-order valence-electron chi connectivity index (χ1n) is 8.00. The molecule has 2 rings (SSSR count). The number of halogens is 1. The van der Waals surface area contributed by atoms with Gasteiger partial charge in [0.25, 0.3) is 5.91 Å². The summed E-state index contributed by atoms with van der Waals surface area (Å²) in [6, 6.07) is 6.63. The van der Waals surface area contributed by atoms with E-state index < -0.39 is 5.91 Å². The summed E-state index contributed by atoms with van der Waals surface area (Å²) in [6.45, 7) is 0.184. The molecular formula is C18H22ClN3O5. The Morgan fingerprint density at radius 1 is 1.11 bits per heavy atom. The minimum absolute atomic E-state index is 0.0887. The monoisotopic (exact) mass is 395 g/mol. The van der Waals surface area contributed by atoms with E-state index in [-0.39, 0.29) is 13.2 Å². The molecule has 8 nitrogen and oxygen atoms in total. The lowest BCUT2D eigenvalue weighted by molar-refractivity contribution is 0.100. The van der Waals surface area contributed by atoms with Crippen LogP contribution in [0.15, 0.2) is 24.3 Å². The summed E-state index contributed by atoms with van der Waals surface area (Å²) >= 11 is 6.43. The Morgan fingerprint density at radius 2 is 1.81 bits per heavy atom. The third-order valence-electron chi connectivity index (χ3n) is 3.76. The van der Waals surface area contributed by atoms with Crippen LogP contribution in [0, 0.1) is 0 Å². The molecule has 0 aliphatic carbocycles. The molecule has 0 heterocycles. The lowest BCUT2D eigenvalue weighted by Gasteiger charge is -2.18. The molecule has 2 aromatic carbocycles. The van der Waals surface area contributed by atoms with Crippen LogP contribution in [0.4, 0.5) is 17.1 Å². The van der Waals surface area contributed by atoms with Gasteiger partial charge in [0.1, 0.15) is 5.02 Å². The van der Waals surface area contributed by atoms with Gasteiger partial charge in [0.05, 0.1) is 39.2 Å². The number of carbonyl (C=O) groups excluding carboxylic acids is 1. The topological polar surface area (TPSA) is 115 Å². The molecule has 0 aliphatic rings.